The predicted molar refractivity (Wildman–Crippen MR) is 122 cm³/mol. The fourth-order valence-electron chi connectivity index (χ4n) is 4.59. The van der Waals surface area contributed by atoms with Crippen LogP contribution in [0.3, 0.4) is 0 Å². The first-order chi connectivity index (χ1) is 14.4. The SMILES string of the molecule is CC(=O)Nc1ccc(Br)cc1NC(=O)C1CCC(NC(=O)CC2CCCCC2)CC1. The molecule has 1 aromatic rings. The Labute approximate surface area is 187 Å². The Morgan fingerprint density at radius 3 is 2.30 bits per heavy atom. The predicted octanol–water partition coefficient (Wildman–Crippen LogP) is 4.99. The smallest absolute Gasteiger partial charge is 0.227 e. The van der Waals surface area contributed by atoms with Gasteiger partial charge < -0.3 is 16.0 Å². The van der Waals surface area contributed by atoms with E-state index in [1.165, 1.54) is 39.0 Å². The van der Waals surface area contributed by atoms with E-state index in [1.54, 1.807) is 12.1 Å². The molecule has 0 spiro atoms. The first-order valence-corrected chi connectivity index (χ1v) is 11.9. The van der Waals surface area contributed by atoms with Crippen LogP contribution in [0.4, 0.5) is 11.4 Å². The standard InChI is InChI=1S/C23H32BrN3O3/c1-15(28)25-20-12-9-18(24)14-21(20)27-23(30)17-7-10-19(11-8-17)26-22(29)13-16-5-3-2-4-6-16/h9,12,14,16-17,19H,2-8,10-11,13H2,1H3,(H,25,28)(H,26,29)(H,27,30). The molecule has 1 aromatic carbocycles. The fourth-order valence-corrected chi connectivity index (χ4v) is 4.95. The summed E-state index contributed by atoms with van der Waals surface area (Å²) in [6, 6.07) is 5.55. The summed E-state index contributed by atoms with van der Waals surface area (Å²) in [4.78, 5) is 36.6. The van der Waals surface area contributed by atoms with Gasteiger partial charge in [0, 0.05) is 29.8 Å². The van der Waals surface area contributed by atoms with Crippen molar-refractivity contribution in [3.8, 4) is 0 Å². The number of benzene rings is 1. The van der Waals surface area contributed by atoms with Crippen molar-refractivity contribution in [3.63, 3.8) is 0 Å². The van der Waals surface area contributed by atoms with Crippen LogP contribution in [0.15, 0.2) is 22.7 Å². The Kier molecular flexibility index (Phi) is 8.31. The van der Waals surface area contributed by atoms with Crippen LogP contribution in [0, 0.1) is 11.8 Å². The molecule has 30 heavy (non-hydrogen) atoms. The minimum absolute atomic E-state index is 0.0355. The van der Waals surface area contributed by atoms with E-state index in [9.17, 15) is 14.4 Å². The van der Waals surface area contributed by atoms with Crippen LogP contribution in [0.5, 0.6) is 0 Å². The van der Waals surface area contributed by atoms with Gasteiger partial charge in [0.15, 0.2) is 0 Å². The number of hydrogen-bond donors (Lipinski definition) is 3. The van der Waals surface area contributed by atoms with Crippen LogP contribution in [-0.2, 0) is 14.4 Å². The topological polar surface area (TPSA) is 87.3 Å². The highest BCUT2D eigenvalue weighted by Gasteiger charge is 2.28. The van der Waals surface area contributed by atoms with Crippen molar-refractivity contribution in [1.29, 1.82) is 0 Å². The van der Waals surface area contributed by atoms with Gasteiger partial charge in [0.1, 0.15) is 0 Å². The van der Waals surface area contributed by atoms with Crippen molar-refractivity contribution in [2.75, 3.05) is 10.6 Å². The van der Waals surface area contributed by atoms with Gasteiger partial charge >= 0.3 is 0 Å². The zero-order chi connectivity index (χ0) is 21.5. The molecule has 6 nitrogen and oxygen atoms in total. The third-order valence-electron chi connectivity index (χ3n) is 6.21. The van der Waals surface area contributed by atoms with E-state index >= 15 is 0 Å². The molecule has 3 rings (SSSR count). The van der Waals surface area contributed by atoms with Crippen LogP contribution in [0.2, 0.25) is 0 Å². The quantitative estimate of drug-likeness (QED) is 0.538. The molecule has 3 amide bonds. The summed E-state index contributed by atoms with van der Waals surface area (Å²) in [7, 11) is 0. The second-order valence-electron chi connectivity index (χ2n) is 8.68. The van der Waals surface area contributed by atoms with Crippen LogP contribution >= 0.6 is 15.9 Å². The lowest BCUT2D eigenvalue weighted by molar-refractivity contribution is -0.123. The molecule has 0 bridgehead atoms. The van der Waals surface area contributed by atoms with Gasteiger partial charge in [0.2, 0.25) is 17.7 Å². The highest BCUT2D eigenvalue weighted by molar-refractivity contribution is 9.10. The van der Waals surface area contributed by atoms with Gasteiger partial charge in [-0.15, -0.1) is 0 Å². The third-order valence-corrected chi connectivity index (χ3v) is 6.71. The molecule has 0 aromatic heterocycles. The number of carbonyl (C=O) groups excluding carboxylic acids is 3. The maximum atomic E-state index is 12.8. The minimum atomic E-state index is -0.183. The number of carbonyl (C=O) groups is 3. The Balaban J connectivity index is 1.47. The summed E-state index contributed by atoms with van der Waals surface area (Å²) >= 11 is 3.41. The average molecular weight is 478 g/mol. The number of rotatable bonds is 6. The van der Waals surface area contributed by atoms with E-state index < -0.39 is 0 Å². The van der Waals surface area contributed by atoms with Gasteiger partial charge in [0.05, 0.1) is 11.4 Å². The monoisotopic (exact) mass is 477 g/mol. The summed E-state index contributed by atoms with van der Waals surface area (Å²) < 4.78 is 0.830. The van der Waals surface area contributed by atoms with Crippen molar-refractivity contribution >= 4 is 45.0 Å². The van der Waals surface area contributed by atoms with Gasteiger partial charge in [0.25, 0.3) is 0 Å². The Hall–Kier alpha value is -1.89. The summed E-state index contributed by atoms with van der Waals surface area (Å²) in [5.41, 5.74) is 1.18. The summed E-state index contributed by atoms with van der Waals surface area (Å²) in [6.07, 6.45) is 9.96. The number of amides is 3. The van der Waals surface area contributed by atoms with Crippen molar-refractivity contribution < 1.29 is 14.4 Å². The van der Waals surface area contributed by atoms with Gasteiger partial charge in [-0.1, -0.05) is 35.2 Å². The maximum Gasteiger partial charge on any atom is 0.227 e. The Morgan fingerprint density at radius 2 is 1.63 bits per heavy atom. The zero-order valence-electron chi connectivity index (χ0n) is 17.6. The molecule has 3 N–H and O–H groups in total. The third kappa shape index (κ3) is 6.83. The van der Waals surface area contributed by atoms with Crippen molar-refractivity contribution in [2.24, 2.45) is 11.8 Å². The van der Waals surface area contributed by atoms with Crippen LogP contribution in [0.25, 0.3) is 0 Å². The van der Waals surface area contributed by atoms with Gasteiger partial charge in [-0.25, -0.2) is 0 Å². The van der Waals surface area contributed by atoms with Crippen LogP contribution in [0.1, 0.15) is 71.1 Å². The lowest BCUT2D eigenvalue weighted by atomic mass is 9.84. The number of hydrogen-bond acceptors (Lipinski definition) is 3. The molecule has 2 saturated carbocycles. The summed E-state index contributed by atoms with van der Waals surface area (Å²) in [5, 5.41) is 8.90. The van der Waals surface area contributed by atoms with E-state index in [1.807, 2.05) is 6.07 Å². The molecule has 0 aliphatic heterocycles. The second kappa shape index (κ2) is 10.9. The maximum absolute atomic E-state index is 12.8. The number of anilines is 2. The molecule has 2 aliphatic rings. The van der Waals surface area contributed by atoms with Crippen LogP contribution < -0.4 is 16.0 Å². The second-order valence-corrected chi connectivity index (χ2v) is 9.60. The number of nitrogens with one attached hydrogen (secondary N) is 3. The normalized spacial score (nSPS) is 22.2. The molecule has 7 heteroatoms. The van der Waals surface area contributed by atoms with Gasteiger partial charge in [-0.2, -0.15) is 0 Å². The summed E-state index contributed by atoms with van der Waals surface area (Å²) in [6.45, 7) is 1.44. The molecule has 2 aliphatic carbocycles. The highest BCUT2D eigenvalue weighted by atomic mass is 79.9. The van der Waals surface area contributed by atoms with E-state index in [0.29, 0.717) is 23.7 Å². The van der Waals surface area contributed by atoms with Crippen molar-refractivity contribution in [1.82, 2.24) is 5.32 Å². The molecule has 0 heterocycles. The van der Waals surface area contributed by atoms with E-state index in [-0.39, 0.29) is 29.7 Å². The molecule has 0 saturated heterocycles. The zero-order valence-corrected chi connectivity index (χ0v) is 19.2. The van der Waals surface area contributed by atoms with Crippen molar-refractivity contribution in [3.05, 3.63) is 22.7 Å². The molecule has 0 unspecified atom stereocenters. The first kappa shape index (κ1) is 22.8. The molecule has 164 valence electrons. The lowest BCUT2D eigenvalue weighted by Crippen LogP contribution is -2.40. The van der Waals surface area contributed by atoms with Crippen molar-refractivity contribution in [2.45, 2.75) is 77.2 Å². The fraction of sp³-hybridized carbons (Fsp3) is 0.609. The Bertz CT molecular complexity index is 769. The molecule has 0 atom stereocenters. The molecular weight excluding hydrogens is 446 g/mol. The lowest BCUT2D eigenvalue weighted by Gasteiger charge is -2.29. The van der Waals surface area contributed by atoms with E-state index in [4.69, 9.17) is 0 Å². The first-order valence-electron chi connectivity index (χ1n) is 11.1. The number of halogens is 1. The average Bonchev–Trinajstić information content (AvgIpc) is 2.71. The Morgan fingerprint density at radius 1 is 0.933 bits per heavy atom. The van der Waals surface area contributed by atoms with Gasteiger partial charge in [-0.05, 0) is 62.6 Å². The van der Waals surface area contributed by atoms with Crippen LogP contribution in [-0.4, -0.2) is 23.8 Å². The van der Waals surface area contributed by atoms with Gasteiger partial charge in [-0.3, -0.25) is 14.4 Å². The highest BCUT2D eigenvalue weighted by Crippen LogP contribution is 2.30. The molecular formula is C23H32BrN3O3. The van der Waals surface area contributed by atoms with E-state index in [2.05, 4.69) is 31.9 Å². The molecule has 2 fully saturated rings. The summed E-state index contributed by atoms with van der Waals surface area (Å²) in [5.74, 6) is 0.414. The minimum Gasteiger partial charge on any atom is -0.353 e. The van der Waals surface area contributed by atoms with E-state index in [0.717, 1.165) is 30.2 Å². The largest absolute Gasteiger partial charge is 0.353 e. The molecule has 0 radical (unpaired) electrons.